The highest BCUT2D eigenvalue weighted by Crippen LogP contribution is 2.36. The predicted molar refractivity (Wildman–Crippen MR) is 45.9 cm³/mol. The van der Waals surface area contributed by atoms with Crippen molar-refractivity contribution in [1.82, 2.24) is 0 Å². The second kappa shape index (κ2) is 3.67. The van der Waals surface area contributed by atoms with Gasteiger partial charge in [-0.15, -0.1) is 0 Å². The highest BCUT2D eigenvalue weighted by atomic mass is 79.9. The van der Waals surface area contributed by atoms with E-state index in [9.17, 15) is 13.2 Å². The van der Waals surface area contributed by atoms with Gasteiger partial charge in [-0.05, 0) is 23.8 Å². The van der Waals surface area contributed by atoms with Crippen molar-refractivity contribution in [2.45, 2.75) is 12.7 Å². The number of alkyl halides is 3. The SMILES string of the molecule is NCc1c[c]cc(Br)c1C(F)(F)F. The summed E-state index contributed by atoms with van der Waals surface area (Å²) >= 11 is 2.82. The molecule has 0 atom stereocenters. The van der Waals surface area contributed by atoms with Crippen molar-refractivity contribution in [3.63, 3.8) is 0 Å². The molecule has 2 N–H and O–H groups in total. The van der Waals surface area contributed by atoms with Crippen LogP contribution in [0.4, 0.5) is 13.2 Å². The number of hydrogen-bond acceptors (Lipinski definition) is 1. The minimum atomic E-state index is -4.37. The maximum atomic E-state index is 12.4. The van der Waals surface area contributed by atoms with Crippen LogP contribution in [-0.2, 0) is 12.7 Å². The lowest BCUT2D eigenvalue weighted by Crippen LogP contribution is -2.12. The van der Waals surface area contributed by atoms with Crippen molar-refractivity contribution in [3.8, 4) is 0 Å². The molecule has 0 bridgehead atoms. The molecule has 0 heterocycles. The molecule has 0 unspecified atom stereocenters. The average Bonchev–Trinajstić information content (AvgIpc) is 2.01. The Hall–Kier alpha value is -0.550. The predicted octanol–water partition coefficient (Wildman–Crippen LogP) is 2.73. The zero-order chi connectivity index (χ0) is 10.1. The number of halogens is 4. The minimum absolute atomic E-state index is 0.0250. The van der Waals surface area contributed by atoms with E-state index >= 15 is 0 Å². The van der Waals surface area contributed by atoms with Gasteiger partial charge in [0.2, 0.25) is 0 Å². The summed E-state index contributed by atoms with van der Waals surface area (Å²) in [5.74, 6) is 0. The summed E-state index contributed by atoms with van der Waals surface area (Å²) in [5, 5.41) is 0. The lowest BCUT2D eigenvalue weighted by atomic mass is 10.1. The van der Waals surface area contributed by atoms with Crippen molar-refractivity contribution in [2.75, 3.05) is 0 Å². The molecule has 71 valence electrons. The third kappa shape index (κ3) is 2.22. The van der Waals surface area contributed by atoms with Crippen molar-refractivity contribution < 1.29 is 13.2 Å². The van der Waals surface area contributed by atoms with E-state index in [2.05, 4.69) is 22.0 Å². The Labute approximate surface area is 81.9 Å². The van der Waals surface area contributed by atoms with Crippen LogP contribution >= 0.6 is 15.9 Å². The Balaban J connectivity index is 3.32. The summed E-state index contributed by atoms with van der Waals surface area (Å²) in [5.41, 5.74) is 4.50. The molecule has 0 aliphatic heterocycles. The van der Waals surface area contributed by atoms with Crippen molar-refractivity contribution >= 4 is 15.9 Å². The van der Waals surface area contributed by atoms with E-state index in [1.807, 2.05) is 0 Å². The van der Waals surface area contributed by atoms with Gasteiger partial charge in [0.25, 0.3) is 0 Å². The van der Waals surface area contributed by atoms with Crippen molar-refractivity contribution in [2.24, 2.45) is 5.73 Å². The third-order valence-electron chi connectivity index (χ3n) is 1.53. The zero-order valence-electron chi connectivity index (χ0n) is 6.45. The molecule has 0 aromatic heterocycles. The van der Waals surface area contributed by atoms with E-state index in [0.29, 0.717) is 0 Å². The van der Waals surface area contributed by atoms with Gasteiger partial charge in [-0.1, -0.05) is 15.9 Å². The van der Waals surface area contributed by atoms with Crippen LogP contribution in [0, 0.1) is 6.07 Å². The van der Waals surface area contributed by atoms with E-state index in [0.717, 1.165) is 0 Å². The Morgan fingerprint density at radius 3 is 2.38 bits per heavy atom. The van der Waals surface area contributed by atoms with Gasteiger partial charge < -0.3 is 5.73 Å². The van der Waals surface area contributed by atoms with Crippen LogP contribution < -0.4 is 5.73 Å². The second-order valence-corrected chi connectivity index (χ2v) is 3.26. The van der Waals surface area contributed by atoms with Gasteiger partial charge in [-0.2, -0.15) is 13.2 Å². The summed E-state index contributed by atoms with van der Waals surface area (Å²) in [4.78, 5) is 0. The monoisotopic (exact) mass is 252 g/mol. The van der Waals surface area contributed by atoms with Crippen LogP contribution in [0.3, 0.4) is 0 Å². The van der Waals surface area contributed by atoms with E-state index in [-0.39, 0.29) is 16.6 Å². The topological polar surface area (TPSA) is 26.0 Å². The maximum absolute atomic E-state index is 12.4. The first kappa shape index (κ1) is 10.5. The molecule has 13 heavy (non-hydrogen) atoms. The van der Waals surface area contributed by atoms with E-state index in [1.165, 1.54) is 12.1 Å². The van der Waals surface area contributed by atoms with E-state index in [1.54, 1.807) is 0 Å². The van der Waals surface area contributed by atoms with Crippen LogP contribution in [0.25, 0.3) is 0 Å². The third-order valence-corrected chi connectivity index (χ3v) is 2.16. The van der Waals surface area contributed by atoms with Gasteiger partial charge in [0.15, 0.2) is 0 Å². The first-order valence-corrected chi connectivity index (χ1v) is 4.22. The summed E-state index contributed by atoms with van der Waals surface area (Å²) in [7, 11) is 0. The fourth-order valence-electron chi connectivity index (χ4n) is 0.992. The van der Waals surface area contributed by atoms with Crippen molar-refractivity contribution in [3.05, 3.63) is 33.8 Å². The van der Waals surface area contributed by atoms with Gasteiger partial charge >= 0.3 is 6.18 Å². The first-order valence-electron chi connectivity index (χ1n) is 3.42. The average molecular weight is 253 g/mol. The second-order valence-electron chi connectivity index (χ2n) is 2.41. The molecule has 1 aromatic carbocycles. The van der Waals surface area contributed by atoms with Crippen LogP contribution in [0.5, 0.6) is 0 Å². The summed E-state index contributed by atoms with van der Waals surface area (Å²) in [6, 6.07) is 5.03. The molecule has 0 fully saturated rings. The van der Waals surface area contributed by atoms with Crippen LogP contribution in [-0.4, -0.2) is 0 Å². The maximum Gasteiger partial charge on any atom is 0.417 e. The minimum Gasteiger partial charge on any atom is -0.326 e. The molecule has 1 rings (SSSR count). The quantitative estimate of drug-likeness (QED) is 0.818. The fraction of sp³-hybridized carbons (Fsp3) is 0.250. The van der Waals surface area contributed by atoms with Crippen LogP contribution in [0.2, 0.25) is 0 Å². The van der Waals surface area contributed by atoms with Crippen LogP contribution in [0.15, 0.2) is 16.6 Å². The number of benzene rings is 1. The Bertz CT molecular complexity index is 309. The molecule has 0 saturated carbocycles. The molecule has 0 aliphatic carbocycles. The molecule has 0 saturated heterocycles. The molecule has 5 heteroatoms. The number of hydrogen-bond donors (Lipinski definition) is 1. The number of rotatable bonds is 1. The Morgan fingerprint density at radius 2 is 2.00 bits per heavy atom. The Morgan fingerprint density at radius 1 is 1.38 bits per heavy atom. The number of nitrogens with two attached hydrogens (primary N) is 1. The molecule has 0 spiro atoms. The molecule has 1 nitrogen and oxygen atoms in total. The molecule has 1 aromatic rings. The summed E-state index contributed by atoms with van der Waals surface area (Å²) < 4.78 is 37.2. The largest absolute Gasteiger partial charge is 0.417 e. The lowest BCUT2D eigenvalue weighted by Gasteiger charge is -2.12. The van der Waals surface area contributed by atoms with Gasteiger partial charge in [0.1, 0.15) is 0 Å². The van der Waals surface area contributed by atoms with E-state index in [4.69, 9.17) is 5.73 Å². The molecular weight excluding hydrogens is 247 g/mol. The smallest absolute Gasteiger partial charge is 0.326 e. The van der Waals surface area contributed by atoms with Gasteiger partial charge in [0, 0.05) is 11.0 Å². The Kier molecular flexibility index (Phi) is 2.98. The van der Waals surface area contributed by atoms with Crippen molar-refractivity contribution in [1.29, 1.82) is 0 Å². The molecular formula is C8H6BrF3N. The van der Waals surface area contributed by atoms with Crippen LogP contribution in [0.1, 0.15) is 11.1 Å². The van der Waals surface area contributed by atoms with E-state index < -0.39 is 11.7 Å². The van der Waals surface area contributed by atoms with Gasteiger partial charge in [-0.25, -0.2) is 0 Å². The molecule has 0 amide bonds. The summed E-state index contributed by atoms with van der Waals surface area (Å²) in [6.45, 7) is -0.148. The molecule has 1 radical (unpaired) electrons. The normalized spacial score (nSPS) is 11.8. The van der Waals surface area contributed by atoms with Gasteiger partial charge in [0.05, 0.1) is 5.56 Å². The standard InChI is InChI=1S/C8H6BrF3N/c9-6-3-1-2-5(4-13)7(6)8(10,11)12/h2-3H,4,13H2. The lowest BCUT2D eigenvalue weighted by molar-refractivity contribution is -0.138. The molecule has 0 aliphatic rings. The highest BCUT2D eigenvalue weighted by Gasteiger charge is 2.35. The highest BCUT2D eigenvalue weighted by molar-refractivity contribution is 9.10. The fourth-order valence-corrected chi connectivity index (χ4v) is 1.60. The summed E-state index contributed by atoms with van der Waals surface area (Å²) in [6.07, 6.45) is -4.37. The van der Waals surface area contributed by atoms with Gasteiger partial charge in [-0.3, -0.25) is 0 Å². The first-order chi connectivity index (χ1) is 5.96. The zero-order valence-corrected chi connectivity index (χ0v) is 8.04.